The number of hydrogen-bond acceptors (Lipinski definition) is 6. The zero-order chi connectivity index (χ0) is 20.6. The zero-order valence-electron chi connectivity index (χ0n) is 16.4. The zero-order valence-corrected chi connectivity index (χ0v) is 17.2. The maximum atomic E-state index is 13.0. The van der Waals surface area contributed by atoms with E-state index in [9.17, 15) is 18.0 Å². The predicted octanol–water partition coefficient (Wildman–Crippen LogP) is 1.92. The van der Waals surface area contributed by atoms with Gasteiger partial charge in [-0.05, 0) is 43.7 Å². The summed E-state index contributed by atoms with van der Waals surface area (Å²) in [5, 5.41) is 0.737. The van der Waals surface area contributed by atoms with E-state index in [1.165, 1.54) is 4.90 Å². The fourth-order valence-corrected chi connectivity index (χ4v) is 5.97. The summed E-state index contributed by atoms with van der Waals surface area (Å²) in [7, 11) is -1.53. The van der Waals surface area contributed by atoms with Gasteiger partial charge < -0.3 is 9.64 Å². The normalized spacial score (nSPS) is 20.2. The molecule has 0 bridgehead atoms. The van der Waals surface area contributed by atoms with Crippen LogP contribution in [0.5, 0.6) is 0 Å². The number of hydrogen-bond donors (Lipinski definition) is 0. The summed E-state index contributed by atoms with van der Waals surface area (Å²) in [4.78, 5) is 31.5. The third kappa shape index (κ3) is 3.99. The highest BCUT2D eigenvalue weighted by Crippen LogP contribution is 2.29. The fraction of sp³-hybridized carbons (Fsp3) is 0.476. The smallest absolute Gasteiger partial charge is 0.339 e. The molecule has 1 amide bonds. The number of para-hydroxylation sites is 1. The average Bonchev–Trinajstić information content (AvgIpc) is 3.09. The topological polar surface area (TPSA) is 93.6 Å². The van der Waals surface area contributed by atoms with Crippen molar-refractivity contribution in [2.75, 3.05) is 25.2 Å². The van der Waals surface area contributed by atoms with Gasteiger partial charge in [-0.25, -0.2) is 13.2 Å². The van der Waals surface area contributed by atoms with Gasteiger partial charge in [0.05, 0.1) is 22.6 Å². The first-order valence-electron chi connectivity index (χ1n) is 9.89. The molecular formula is C21H24N2O5S. The lowest BCUT2D eigenvalue weighted by molar-refractivity contribution is -0.134. The van der Waals surface area contributed by atoms with Gasteiger partial charge in [0.25, 0.3) is 5.91 Å². The van der Waals surface area contributed by atoms with E-state index in [2.05, 4.69) is 0 Å². The van der Waals surface area contributed by atoms with Gasteiger partial charge in [-0.2, -0.15) is 0 Å². The van der Waals surface area contributed by atoms with Crippen LogP contribution in [0.1, 0.15) is 40.9 Å². The van der Waals surface area contributed by atoms with E-state index in [0.717, 1.165) is 47.8 Å². The van der Waals surface area contributed by atoms with Crippen LogP contribution in [-0.2, 0) is 32.2 Å². The number of amides is 1. The van der Waals surface area contributed by atoms with Crippen LogP contribution in [0.2, 0.25) is 0 Å². The molecule has 1 aromatic heterocycles. The lowest BCUT2D eigenvalue weighted by Gasteiger charge is -2.23. The number of pyridine rings is 1. The second-order valence-electron chi connectivity index (χ2n) is 7.77. The molecule has 0 radical (unpaired) electrons. The van der Waals surface area contributed by atoms with E-state index in [-0.39, 0.29) is 17.5 Å². The highest BCUT2D eigenvalue weighted by Gasteiger charge is 2.33. The quantitative estimate of drug-likeness (QED) is 0.707. The maximum Gasteiger partial charge on any atom is 0.339 e. The lowest BCUT2D eigenvalue weighted by Crippen LogP contribution is -2.40. The van der Waals surface area contributed by atoms with Gasteiger partial charge in [0.1, 0.15) is 0 Å². The van der Waals surface area contributed by atoms with Crippen LogP contribution in [0.3, 0.4) is 0 Å². The highest BCUT2D eigenvalue weighted by molar-refractivity contribution is 7.91. The Morgan fingerprint density at radius 1 is 1.21 bits per heavy atom. The van der Waals surface area contributed by atoms with E-state index in [0.29, 0.717) is 12.0 Å². The van der Waals surface area contributed by atoms with E-state index < -0.39 is 28.3 Å². The van der Waals surface area contributed by atoms with Gasteiger partial charge in [-0.1, -0.05) is 18.2 Å². The van der Waals surface area contributed by atoms with E-state index in [4.69, 9.17) is 9.72 Å². The largest absolute Gasteiger partial charge is 0.452 e. The van der Waals surface area contributed by atoms with Crippen molar-refractivity contribution in [1.82, 2.24) is 9.88 Å². The summed E-state index contributed by atoms with van der Waals surface area (Å²) in [6.07, 6.45) is 4.05. The molecule has 4 rings (SSSR count). The molecular weight excluding hydrogens is 392 g/mol. The first kappa shape index (κ1) is 19.8. The average molecular weight is 416 g/mol. The molecule has 1 aliphatic heterocycles. The molecule has 1 aromatic carbocycles. The Balaban J connectivity index is 1.53. The first-order valence-corrected chi connectivity index (χ1v) is 11.7. The Morgan fingerprint density at radius 2 is 1.97 bits per heavy atom. The first-order chi connectivity index (χ1) is 13.9. The molecule has 29 heavy (non-hydrogen) atoms. The third-order valence-electron chi connectivity index (χ3n) is 5.85. The van der Waals surface area contributed by atoms with Crippen LogP contribution < -0.4 is 0 Å². The summed E-state index contributed by atoms with van der Waals surface area (Å²) in [6, 6.07) is 7.11. The predicted molar refractivity (Wildman–Crippen MR) is 108 cm³/mol. The van der Waals surface area contributed by atoms with Crippen LogP contribution in [0.4, 0.5) is 0 Å². The van der Waals surface area contributed by atoms with E-state index >= 15 is 0 Å². The van der Waals surface area contributed by atoms with Crippen LogP contribution in [0, 0.1) is 0 Å². The molecule has 2 heterocycles. The molecule has 1 saturated heterocycles. The van der Waals surface area contributed by atoms with Gasteiger partial charge in [-0.15, -0.1) is 0 Å². The number of nitrogens with zero attached hydrogens (tertiary/aromatic N) is 2. The molecule has 2 aromatic rings. The van der Waals surface area contributed by atoms with Crippen molar-refractivity contribution in [1.29, 1.82) is 0 Å². The number of rotatable bonds is 4. The van der Waals surface area contributed by atoms with Crippen LogP contribution >= 0.6 is 0 Å². The van der Waals surface area contributed by atoms with Gasteiger partial charge >= 0.3 is 5.97 Å². The second kappa shape index (κ2) is 7.74. The number of sulfone groups is 1. The van der Waals surface area contributed by atoms with Crippen molar-refractivity contribution in [3.63, 3.8) is 0 Å². The third-order valence-corrected chi connectivity index (χ3v) is 7.60. The molecule has 0 spiro atoms. The Labute approximate surface area is 170 Å². The number of esters is 1. The van der Waals surface area contributed by atoms with Gasteiger partial charge in [0.2, 0.25) is 0 Å². The van der Waals surface area contributed by atoms with E-state index in [1.54, 1.807) is 7.05 Å². The number of carbonyl (C=O) groups is 2. The summed E-state index contributed by atoms with van der Waals surface area (Å²) in [5.41, 5.74) is 3.10. The van der Waals surface area contributed by atoms with Crippen molar-refractivity contribution in [2.45, 2.75) is 38.1 Å². The van der Waals surface area contributed by atoms with Gasteiger partial charge in [0.15, 0.2) is 16.4 Å². The molecule has 1 unspecified atom stereocenters. The van der Waals surface area contributed by atoms with Gasteiger partial charge in [0, 0.05) is 24.2 Å². The second-order valence-corrected chi connectivity index (χ2v) is 10.0. The van der Waals surface area contributed by atoms with Crippen LogP contribution in [0.25, 0.3) is 10.9 Å². The molecule has 8 heteroatoms. The Morgan fingerprint density at radius 3 is 2.72 bits per heavy atom. The van der Waals surface area contributed by atoms with Crippen molar-refractivity contribution in [2.24, 2.45) is 0 Å². The summed E-state index contributed by atoms with van der Waals surface area (Å²) < 4.78 is 28.7. The monoisotopic (exact) mass is 416 g/mol. The van der Waals surface area contributed by atoms with Gasteiger partial charge in [-0.3, -0.25) is 9.78 Å². The number of ether oxygens (including phenoxy) is 1. The number of fused-ring (bicyclic) bond motifs is 2. The van der Waals surface area contributed by atoms with Crippen molar-refractivity contribution < 1.29 is 22.7 Å². The van der Waals surface area contributed by atoms with Crippen molar-refractivity contribution in [3.8, 4) is 0 Å². The summed E-state index contributed by atoms with van der Waals surface area (Å²) >= 11 is 0. The standard InChI is InChI=1S/C21H24N2O5S/c1-23(14-10-11-29(26,27)13-14)19(24)12-28-21(25)20-15-6-2-4-8-17(15)22-18-9-5-3-7-16(18)20/h2,4,6,8,14H,3,5,7,9-13H2,1H3. The molecule has 1 fully saturated rings. The van der Waals surface area contributed by atoms with E-state index in [1.807, 2.05) is 24.3 Å². The maximum absolute atomic E-state index is 13.0. The number of benzene rings is 1. The number of aromatic nitrogens is 1. The Kier molecular flexibility index (Phi) is 5.29. The van der Waals surface area contributed by atoms with Crippen molar-refractivity contribution in [3.05, 3.63) is 41.1 Å². The van der Waals surface area contributed by atoms with Crippen LogP contribution in [-0.4, -0.2) is 61.4 Å². The lowest BCUT2D eigenvalue weighted by atomic mass is 9.90. The van der Waals surface area contributed by atoms with Crippen molar-refractivity contribution >= 4 is 32.6 Å². The summed E-state index contributed by atoms with van der Waals surface area (Å²) in [5.74, 6) is -0.870. The Bertz CT molecular complexity index is 1080. The molecule has 1 atom stereocenters. The SMILES string of the molecule is CN(C(=O)COC(=O)c1c2c(nc3ccccc13)CCCC2)C1CCS(=O)(=O)C1. The molecule has 154 valence electrons. The molecule has 0 saturated carbocycles. The number of likely N-dealkylation sites (N-methyl/N-ethyl adjacent to an activating group) is 1. The molecule has 0 N–H and O–H groups in total. The molecule has 1 aliphatic carbocycles. The molecule has 2 aliphatic rings. The number of aryl methyl sites for hydroxylation is 1. The fourth-order valence-electron chi connectivity index (χ4n) is 4.19. The molecule has 7 nitrogen and oxygen atoms in total. The minimum atomic E-state index is -3.09. The Hall–Kier alpha value is -2.48. The minimum absolute atomic E-state index is 0.0360. The highest BCUT2D eigenvalue weighted by atomic mass is 32.2. The number of carbonyl (C=O) groups excluding carboxylic acids is 2. The minimum Gasteiger partial charge on any atom is -0.452 e. The summed E-state index contributed by atoms with van der Waals surface area (Å²) in [6.45, 7) is -0.405. The van der Waals surface area contributed by atoms with Crippen LogP contribution in [0.15, 0.2) is 24.3 Å².